The molecule has 1 rings (SSSR count). The van der Waals surface area contributed by atoms with E-state index in [1.807, 2.05) is 0 Å². The van der Waals surface area contributed by atoms with Gasteiger partial charge in [-0.25, -0.2) is 13.6 Å². The van der Waals surface area contributed by atoms with Gasteiger partial charge in [0.25, 0.3) is 0 Å². The van der Waals surface area contributed by atoms with Crippen molar-refractivity contribution in [3.63, 3.8) is 0 Å². The minimum Gasteiger partial charge on any atom is -0.461 e. The molecule has 1 amide bonds. The number of anilines is 1. The summed E-state index contributed by atoms with van der Waals surface area (Å²) in [6.45, 7) is 1.13. The number of rotatable bonds is 4. The molecule has 0 heterocycles. The summed E-state index contributed by atoms with van der Waals surface area (Å²) in [6, 6.07) is 1.32. The summed E-state index contributed by atoms with van der Waals surface area (Å²) >= 11 is 0. The maximum atomic E-state index is 13.3. The molecule has 18 heavy (non-hydrogen) atoms. The Labute approximate surface area is 102 Å². The Morgan fingerprint density at radius 1 is 1.33 bits per heavy atom. The van der Waals surface area contributed by atoms with Gasteiger partial charge in [-0.3, -0.25) is 4.79 Å². The molecule has 0 spiro atoms. The lowest BCUT2D eigenvalue weighted by molar-refractivity contribution is -0.122. The van der Waals surface area contributed by atoms with Crippen molar-refractivity contribution in [3.8, 4) is 0 Å². The molecule has 0 aliphatic rings. The Kier molecular flexibility index (Phi) is 4.19. The number of carbonyl (C=O) groups is 2. The number of halogens is 2. The molecular weight excluding hydrogens is 246 g/mol. The Morgan fingerprint density at radius 3 is 2.50 bits per heavy atom. The van der Waals surface area contributed by atoms with Crippen LogP contribution in [-0.2, 0) is 9.53 Å². The second kappa shape index (κ2) is 5.44. The predicted octanol–water partition coefficient (Wildman–Crippen LogP) is 0.825. The number of ether oxygens (including phenoxy) is 1. The highest BCUT2D eigenvalue weighted by molar-refractivity contribution is 5.90. The molecule has 98 valence electrons. The van der Waals surface area contributed by atoms with Crippen molar-refractivity contribution in [1.29, 1.82) is 0 Å². The van der Waals surface area contributed by atoms with E-state index in [0.717, 1.165) is 0 Å². The third kappa shape index (κ3) is 3.16. The SMILES string of the molecule is CC(COC(=O)c1cc(F)c(N)cc1F)C(N)=O. The number of nitrogens with two attached hydrogens (primary N) is 2. The van der Waals surface area contributed by atoms with E-state index in [1.54, 1.807) is 0 Å². The molecule has 0 saturated heterocycles. The predicted molar refractivity (Wildman–Crippen MR) is 59.4 cm³/mol. The number of primary amides is 1. The molecule has 0 fully saturated rings. The van der Waals surface area contributed by atoms with E-state index < -0.39 is 40.7 Å². The Morgan fingerprint density at radius 2 is 1.94 bits per heavy atom. The van der Waals surface area contributed by atoms with Gasteiger partial charge in [0, 0.05) is 6.07 Å². The molecule has 0 aliphatic carbocycles. The van der Waals surface area contributed by atoms with Crippen LogP contribution in [0.1, 0.15) is 17.3 Å². The number of nitrogen functional groups attached to an aromatic ring is 1. The molecular formula is C11H12F2N2O3. The van der Waals surface area contributed by atoms with Crippen molar-refractivity contribution < 1.29 is 23.1 Å². The third-order valence-electron chi connectivity index (χ3n) is 2.26. The van der Waals surface area contributed by atoms with Crippen molar-refractivity contribution in [2.24, 2.45) is 11.7 Å². The summed E-state index contributed by atoms with van der Waals surface area (Å²) in [5, 5.41) is 0. The fraction of sp³-hybridized carbons (Fsp3) is 0.273. The highest BCUT2D eigenvalue weighted by atomic mass is 19.1. The molecule has 0 aliphatic heterocycles. The summed E-state index contributed by atoms with van der Waals surface area (Å²) in [6.07, 6.45) is 0. The zero-order chi connectivity index (χ0) is 13.9. The van der Waals surface area contributed by atoms with Gasteiger partial charge >= 0.3 is 5.97 Å². The van der Waals surface area contributed by atoms with Crippen LogP contribution < -0.4 is 11.5 Å². The fourth-order valence-electron chi connectivity index (χ4n) is 1.08. The molecule has 7 heteroatoms. The van der Waals surface area contributed by atoms with Crippen LogP contribution in [0.15, 0.2) is 12.1 Å². The minimum absolute atomic E-state index is 0.306. The first kappa shape index (κ1) is 13.9. The van der Waals surface area contributed by atoms with Crippen molar-refractivity contribution in [2.45, 2.75) is 6.92 Å². The van der Waals surface area contributed by atoms with Crippen LogP contribution in [-0.4, -0.2) is 18.5 Å². The number of esters is 1. The van der Waals surface area contributed by atoms with Crippen LogP contribution in [0.2, 0.25) is 0 Å². The topological polar surface area (TPSA) is 95.4 Å². The van der Waals surface area contributed by atoms with Gasteiger partial charge in [0.1, 0.15) is 18.2 Å². The molecule has 1 unspecified atom stereocenters. The summed E-state index contributed by atoms with van der Waals surface area (Å²) < 4.78 is 31.0. The fourth-order valence-corrected chi connectivity index (χ4v) is 1.08. The lowest BCUT2D eigenvalue weighted by Gasteiger charge is -2.09. The van der Waals surface area contributed by atoms with Gasteiger partial charge in [-0.05, 0) is 6.07 Å². The Hall–Kier alpha value is -2.18. The van der Waals surface area contributed by atoms with Gasteiger partial charge in [0.15, 0.2) is 0 Å². The third-order valence-corrected chi connectivity index (χ3v) is 2.26. The molecule has 1 aromatic rings. The second-order valence-corrected chi connectivity index (χ2v) is 3.76. The van der Waals surface area contributed by atoms with Gasteiger partial charge in [-0.15, -0.1) is 0 Å². The van der Waals surface area contributed by atoms with Crippen molar-refractivity contribution in [2.75, 3.05) is 12.3 Å². The number of amides is 1. The van der Waals surface area contributed by atoms with E-state index in [4.69, 9.17) is 11.5 Å². The zero-order valence-corrected chi connectivity index (χ0v) is 9.57. The first-order valence-corrected chi connectivity index (χ1v) is 5.04. The molecule has 0 aromatic heterocycles. The molecule has 1 aromatic carbocycles. The number of hydrogen-bond acceptors (Lipinski definition) is 4. The monoisotopic (exact) mass is 258 g/mol. The van der Waals surface area contributed by atoms with Crippen LogP contribution >= 0.6 is 0 Å². The van der Waals surface area contributed by atoms with Crippen LogP contribution in [0.5, 0.6) is 0 Å². The lowest BCUT2D eigenvalue weighted by Crippen LogP contribution is -2.26. The second-order valence-electron chi connectivity index (χ2n) is 3.76. The average molecular weight is 258 g/mol. The first-order valence-electron chi connectivity index (χ1n) is 5.04. The number of benzene rings is 1. The average Bonchev–Trinajstić information content (AvgIpc) is 2.30. The maximum absolute atomic E-state index is 13.3. The van der Waals surface area contributed by atoms with Crippen LogP contribution in [0.25, 0.3) is 0 Å². The van der Waals surface area contributed by atoms with E-state index in [0.29, 0.717) is 12.1 Å². The van der Waals surface area contributed by atoms with Crippen molar-refractivity contribution >= 4 is 17.6 Å². The lowest BCUT2D eigenvalue weighted by atomic mass is 10.1. The van der Waals surface area contributed by atoms with E-state index in [-0.39, 0.29) is 6.61 Å². The van der Waals surface area contributed by atoms with Gasteiger partial charge in [0.2, 0.25) is 5.91 Å². The summed E-state index contributed by atoms with van der Waals surface area (Å²) in [5.74, 6) is -4.38. The first-order chi connectivity index (χ1) is 8.32. The highest BCUT2D eigenvalue weighted by Gasteiger charge is 2.18. The van der Waals surface area contributed by atoms with Crippen LogP contribution in [0.4, 0.5) is 14.5 Å². The highest BCUT2D eigenvalue weighted by Crippen LogP contribution is 2.17. The van der Waals surface area contributed by atoms with Gasteiger partial charge in [-0.1, -0.05) is 6.92 Å². The Balaban J connectivity index is 2.79. The molecule has 0 bridgehead atoms. The number of carbonyl (C=O) groups excluding carboxylic acids is 2. The normalized spacial score (nSPS) is 11.9. The molecule has 5 nitrogen and oxygen atoms in total. The standard InChI is InChI=1S/C11H12F2N2O3/c1-5(10(15)16)4-18-11(17)6-2-8(13)9(14)3-7(6)12/h2-3,5H,4,14H2,1H3,(H2,15,16). The van der Waals surface area contributed by atoms with Crippen LogP contribution in [0.3, 0.4) is 0 Å². The zero-order valence-electron chi connectivity index (χ0n) is 9.57. The number of hydrogen-bond donors (Lipinski definition) is 2. The van der Waals surface area contributed by atoms with E-state index in [1.165, 1.54) is 6.92 Å². The molecule has 1 atom stereocenters. The van der Waals surface area contributed by atoms with Crippen LogP contribution in [0, 0.1) is 17.6 Å². The van der Waals surface area contributed by atoms with E-state index in [2.05, 4.69) is 4.74 Å². The van der Waals surface area contributed by atoms with Gasteiger partial charge in [0.05, 0.1) is 17.2 Å². The summed E-state index contributed by atoms with van der Waals surface area (Å²) in [4.78, 5) is 22.1. The Bertz CT molecular complexity index is 491. The van der Waals surface area contributed by atoms with E-state index >= 15 is 0 Å². The smallest absolute Gasteiger partial charge is 0.341 e. The molecule has 4 N–H and O–H groups in total. The van der Waals surface area contributed by atoms with Gasteiger partial charge < -0.3 is 16.2 Å². The quantitative estimate of drug-likeness (QED) is 0.617. The van der Waals surface area contributed by atoms with Crippen molar-refractivity contribution in [1.82, 2.24) is 0 Å². The molecule has 0 radical (unpaired) electrons. The molecule has 0 saturated carbocycles. The summed E-state index contributed by atoms with van der Waals surface area (Å²) in [7, 11) is 0. The van der Waals surface area contributed by atoms with Gasteiger partial charge in [-0.2, -0.15) is 0 Å². The largest absolute Gasteiger partial charge is 0.461 e. The summed E-state index contributed by atoms with van der Waals surface area (Å²) in [5.41, 5.74) is 9.08. The minimum atomic E-state index is -1.08. The maximum Gasteiger partial charge on any atom is 0.341 e. The van der Waals surface area contributed by atoms with E-state index in [9.17, 15) is 18.4 Å². The van der Waals surface area contributed by atoms with Crippen molar-refractivity contribution in [3.05, 3.63) is 29.3 Å².